The van der Waals surface area contributed by atoms with Crippen molar-refractivity contribution in [2.75, 3.05) is 13.2 Å². The number of ether oxygens (including phenoxy) is 2. The van der Waals surface area contributed by atoms with Crippen molar-refractivity contribution in [3.05, 3.63) is 57.6 Å². The van der Waals surface area contributed by atoms with Gasteiger partial charge in [-0.15, -0.1) is 0 Å². The number of hydrogen-bond acceptors (Lipinski definition) is 3. The van der Waals surface area contributed by atoms with Crippen molar-refractivity contribution in [1.82, 2.24) is 5.32 Å². The van der Waals surface area contributed by atoms with Crippen LogP contribution in [0.3, 0.4) is 0 Å². The molecule has 1 heterocycles. The normalized spacial score (nSPS) is 14.0. The molecule has 0 aromatic heterocycles. The van der Waals surface area contributed by atoms with Crippen LogP contribution < -0.4 is 14.8 Å². The number of carbonyl (C=O) groups is 1. The third kappa shape index (κ3) is 4.50. The van der Waals surface area contributed by atoms with E-state index in [0.29, 0.717) is 29.7 Å². The van der Waals surface area contributed by atoms with Gasteiger partial charge in [0.1, 0.15) is 13.2 Å². The molecule has 1 aliphatic heterocycles. The molecule has 1 aliphatic rings. The molecular weight excluding hydrogens is 350 g/mol. The van der Waals surface area contributed by atoms with Gasteiger partial charge in [0.05, 0.1) is 11.4 Å². The van der Waals surface area contributed by atoms with Crippen molar-refractivity contribution in [1.29, 1.82) is 0 Å². The Morgan fingerprint density at radius 3 is 2.73 bits per heavy atom. The van der Waals surface area contributed by atoms with Crippen LogP contribution in [0.5, 0.6) is 11.5 Å². The van der Waals surface area contributed by atoms with Gasteiger partial charge in [-0.2, -0.15) is 0 Å². The molecule has 0 saturated heterocycles. The molecule has 3 rings (SSSR count). The van der Waals surface area contributed by atoms with Gasteiger partial charge in [0.25, 0.3) is 0 Å². The summed E-state index contributed by atoms with van der Waals surface area (Å²) < 4.78 is 11.1. The molecule has 1 N–H and O–H groups in total. The van der Waals surface area contributed by atoms with Crippen LogP contribution in [0.1, 0.15) is 29.2 Å². The first-order valence-corrected chi connectivity index (χ1v) is 9.23. The summed E-state index contributed by atoms with van der Waals surface area (Å²) in [7, 11) is 0. The van der Waals surface area contributed by atoms with E-state index in [2.05, 4.69) is 37.4 Å². The standard InChI is InChI=1S/C21H24ClNO3/c1-13-4-5-17(14(2)8-13)9-15(3)23-20(24)12-16-10-18(22)21-19(11-16)25-6-7-26-21/h4-5,8,10-11,15H,6-7,9,12H2,1-3H3,(H,23,24). The van der Waals surface area contributed by atoms with Crippen LogP contribution in [-0.2, 0) is 17.6 Å². The van der Waals surface area contributed by atoms with Gasteiger partial charge in [0.15, 0.2) is 11.5 Å². The number of fused-ring (bicyclic) bond motifs is 1. The molecule has 0 radical (unpaired) electrons. The van der Waals surface area contributed by atoms with Crippen LogP contribution in [0.25, 0.3) is 0 Å². The van der Waals surface area contributed by atoms with Gasteiger partial charge in [0.2, 0.25) is 5.91 Å². The molecule has 0 saturated carbocycles. The second kappa shape index (κ2) is 8.00. The van der Waals surface area contributed by atoms with Gasteiger partial charge < -0.3 is 14.8 Å². The molecule has 26 heavy (non-hydrogen) atoms. The maximum absolute atomic E-state index is 12.4. The highest BCUT2D eigenvalue weighted by molar-refractivity contribution is 6.32. The number of aryl methyl sites for hydroxylation is 2. The Bertz CT molecular complexity index is 819. The second-order valence-electron chi connectivity index (χ2n) is 6.88. The van der Waals surface area contributed by atoms with Crippen LogP contribution in [-0.4, -0.2) is 25.2 Å². The summed E-state index contributed by atoms with van der Waals surface area (Å²) in [5.41, 5.74) is 4.57. The van der Waals surface area contributed by atoms with Gasteiger partial charge in [-0.25, -0.2) is 0 Å². The topological polar surface area (TPSA) is 47.6 Å². The molecule has 0 spiro atoms. The lowest BCUT2D eigenvalue weighted by Gasteiger charge is -2.20. The summed E-state index contributed by atoms with van der Waals surface area (Å²) in [5.74, 6) is 1.13. The van der Waals surface area contributed by atoms with Crippen LogP contribution in [0.4, 0.5) is 0 Å². The van der Waals surface area contributed by atoms with E-state index in [1.807, 2.05) is 13.0 Å². The van der Waals surface area contributed by atoms with E-state index in [4.69, 9.17) is 21.1 Å². The highest BCUT2D eigenvalue weighted by Gasteiger charge is 2.18. The Kier molecular flexibility index (Phi) is 5.72. The van der Waals surface area contributed by atoms with Gasteiger partial charge in [0, 0.05) is 6.04 Å². The summed E-state index contributed by atoms with van der Waals surface area (Å²) in [5, 5.41) is 3.54. The Hall–Kier alpha value is -2.20. The van der Waals surface area contributed by atoms with Crippen LogP contribution in [0.15, 0.2) is 30.3 Å². The number of benzene rings is 2. The van der Waals surface area contributed by atoms with E-state index < -0.39 is 0 Å². The zero-order valence-electron chi connectivity index (χ0n) is 15.4. The number of hydrogen-bond donors (Lipinski definition) is 1. The molecule has 1 unspecified atom stereocenters. The Labute approximate surface area is 159 Å². The van der Waals surface area contributed by atoms with Crippen molar-refractivity contribution in [2.45, 2.75) is 39.7 Å². The quantitative estimate of drug-likeness (QED) is 0.861. The lowest BCUT2D eigenvalue weighted by atomic mass is 10.00. The van der Waals surface area contributed by atoms with Crippen molar-refractivity contribution in [2.24, 2.45) is 0 Å². The summed E-state index contributed by atoms with van der Waals surface area (Å²) in [6.45, 7) is 7.19. The van der Waals surface area contributed by atoms with Crippen molar-refractivity contribution >= 4 is 17.5 Å². The third-order valence-electron chi connectivity index (χ3n) is 4.45. The zero-order chi connectivity index (χ0) is 18.7. The van der Waals surface area contributed by atoms with Gasteiger partial charge >= 0.3 is 0 Å². The summed E-state index contributed by atoms with van der Waals surface area (Å²) in [4.78, 5) is 12.4. The SMILES string of the molecule is Cc1ccc(CC(C)NC(=O)Cc2cc(Cl)c3c(c2)OCCO3)c(C)c1. The summed E-state index contributed by atoms with van der Waals surface area (Å²) in [6, 6.07) is 10.1. The van der Waals surface area contributed by atoms with E-state index in [0.717, 1.165) is 12.0 Å². The first-order valence-electron chi connectivity index (χ1n) is 8.86. The van der Waals surface area contributed by atoms with Crippen molar-refractivity contribution in [3.63, 3.8) is 0 Å². The first-order chi connectivity index (χ1) is 12.4. The van der Waals surface area contributed by atoms with Gasteiger partial charge in [-0.05, 0) is 56.0 Å². The maximum atomic E-state index is 12.4. The van der Waals surface area contributed by atoms with E-state index in [-0.39, 0.29) is 18.4 Å². The molecule has 138 valence electrons. The van der Waals surface area contributed by atoms with E-state index in [9.17, 15) is 4.79 Å². The Balaban J connectivity index is 1.61. The van der Waals surface area contributed by atoms with Crippen LogP contribution in [0.2, 0.25) is 5.02 Å². The van der Waals surface area contributed by atoms with Crippen molar-refractivity contribution in [3.8, 4) is 11.5 Å². The Morgan fingerprint density at radius 1 is 1.19 bits per heavy atom. The van der Waals surface area contributed by atoms with Gasteiger partial charge in [-0.1, -0.05) is 35.4 Å². The molecular formula is C21H24ClNO3. The minimum atomic E-state index is -0.0324. The minimum absolute atomic E-state index is 0.0324. The summed E-state index contributed by atoms with van der Waals surface area (Å²) in [6.07, 6.45) is 1.06. The largest absolute Gasteiger partial charge is 0.486 e. The number of halogens is 1. The van der Waals surface area contributed by atoms with Crippen molar-refractivity contribution < 1.29 is 14.3 Å². The minimum Gasteiger partial charge on any atom is -0.486 e. The Morgan fingerprint density at radius 2 is 1.96 bits per heavy atom. The highest BCUT2D eigenvalue weighted by Crippen LogP contribution is 2.38. The number of carbonyl (C=O) groups excluding carboxylic acids is 1. The molecule has 2 aromatic carbocycles. The lowest BCUT2D eigenvalue weighted by Crippen LogP contribution is -2.35. The molecule has 5 heteroatoms. The highest BCUT2D eigenvalue weighted by atomic mass is 35.5. The fourth-order valence-corrected chi connectivity index (χ4v) is 3.52. The predicted molar refractivity (Wildman–Crippen MR) is 103 cm³/mol. The fraction of sp³-hybridized carbons (Fsp3) is 0.381. The molecule has 1 amide bonds. The smallest absolute Gasteiger partial charge is 0.224 e. The predicted octanol–water partition coefficient (Wildman–Crippen LogP) is 4.02. The average Bonchev–Trinajstić information content (AvgIpc) is 2.57. The monoisotopic (exact) mass is 373 g/mol. The number of amides is 1. The third-order valence-corrected chi connectivity index (χ3v) is 4.73. The molecule has 2 aromatic rings. The van der Waals surface area contributed by atoms with Crippen LogP contribution >= 0.6 is 11.6 Å². The molecule has 4 nitrogen and oxygen atoms in total. The van der Waals surface area contributed by atoms with E-state index in [1.165, 1.54) is 16.7 Å². The van der Waals surface area contributed by atoms with Crippen LogP contribution in [0, 0.1) is 13.8 Å². The van der Waals surface area contributed by atoms with Gasteiger partial charge in [-0.3, -0.25) is 4.79 Å². The fourth-order valence-electron chi connectivity index (χ4n) is 3.23. The lowest BCUT2D eigenvalue weighted by molar-refractivity contribution is -0.121. The maximum Gasteiger partial charge on any atom is 0.224 e. The van der Waals surface area contributed by atoms with E-state index in [1.54, 1.807) is 6.07 Å². The average molecular weight is 374 g/mol. The molecule has 1 atom stereocenters. The van der Waals surface area contributed by atoms with E-state index >= 15 is 0 Å². The summed E-state index contributed by atoms with van der Waals surface area (Å²) >= 11 is 6.24. The molecule has 0 fully saturated rings. The number of rotatable bonds is 5. The number of nitrogens with one attached hydrogen (secondary N) is 1. The zero-order valence-corrected chi connectivity index (χ0v) is 16.2. The first kappa shape index (κ1) is 18.6. The molecule has 0 aliphatic carbocycles. The molecule has 0 bridgehead atoms. The second-order valence-corrected chi connectivity index (χ2v) is 7.29.